The zero-order chi connectivity index (χ0) is 10.8. The summed E-state index contributed by atoms with van der Waals surface area (Å²) in [4.78, 5) is 20.4. The third kappa shape index (κ3) is 5.38. The Morgan fingerprint density at radius 3 is 1.36 bits per heavy atom. The van der Waals surface area contributed by atoms with Gasteiger partial charge in [0.25, 0.3) is 0 Å². The van der Waals surface area contributed by atoms with E-state index >= 15 is 0 Å². The first-order chi connectivity index (χ1) is 6.78. The molecule has 0 aromatic rings. The molecule has 0 amide bonds. The van der Waals surface area contributed by atoms with E-state index in [2.05, 4.69) is 10.6 Å². The number of nitrogens with two attached hydrogens (primary N) is 2. The van der Waals surface area contributed by atoms with Crippen LogP contribution in [0.5, 0.6) is 0 Å². The fraction of sp³-hybridized carbons (Fsp3) is 1.00. The van der Waals surface area contributed by atoms with Gasteiger partial charge in [0.2, 0.25) is 0 Å². The highest BCUT2D eigenvalue weighted by Crippen LogP contribution is 1.92. The lowest BCUT2D eigenvalue weighted by Gasteiger charge is -2.18. The molecule has 0 heterocycles. The van der Waals surface area contributed by atoms with Gasteiger partial charge < -0.3 is 11.5 Å². The van der Waals surface area contributed by atoms with Crippen molar-refractivity contribution in [1.82, 2.24) is 10.0 Å². The van der Waals surface area contributed by atoms with Crippen LogP contribution in [-0.2, 0) is 0 Å². The zero-order valence-corrected chi connectivity index (χ0v) is 8.00. The maximum Gasteiger partial charge on any atom is 0.0586 e. The highest BCUT2D eigenvalue weighted by molar-refractivity contribution is 4.58. The van der Waals surface area contributed by atoms with Crippen LogP contribution in [0.3, 0.4) is 0 Å². The summed E-state index contributed by atoms with van der Waals surface area (Å²) in [6.07, 6.45) is 0. The molecule has 0 saturated carbocycles. The van der Waals surface area contributed by atoms with Gasteiger partial charge in [-0.25, -0.2) is 0 Å². The smallest absolute Gasteiger partial charge is 0.0586 e. The predicted molar refractivity (Wildman–Crippen MR) is 52.8 cm³/mol. The van der Waals surface area contributed by atoms with Crippen LogP contribution in [0, 0.1) is 9.81 Å². The van der Waals surface area contributed by atoms with Crippen LogP contribution in [0.15, 0.2) is 10.6 Å². The summed E-state index contributed by atoms with van der Waals surface area (Å²) in [5.74, 6) is 0. The van der Waals surface area contributed by atoms with E-state index in [-0.39, 0.29) is 0 Å². The van der Waals surface area contributed by atoms with Gasteiger partial charge in [0.1, 0.15) is 0 Å². The van der Waals surface area contributed by atoms with Crippen LogP contribution < -0.4 is 11.5 Å². The summed E-state index contributed by atoms with van der Waals surface area (Å²) in [6.45, 7) is 2.09. The van der Waals surface area contributed by atoms with Gasteiger partial charge in [0.05, 0.1) is 36.8 Å². The van der Waals surface area contributed by atoms with Crippen molar-refractivity contribution in [2.75, 3.05) is 39.3 Å². The van der Waals surface area contributed by atoms with Crippen molar-refractivity contribution in [3.63, 3.8) is 0 Å². The van der Waals surface area contributed by atoms with Crippen LogP contribution in [0.25, 0.3) is 0 Å². The Kier molecular flexibility index (Phi) is 7.56. The largest absolute Gasteiger partial charge is 0.329 e. The summed E-state index contributed by atoms with van der Waals surface area (Å²) >= 11 is 0. The molecule has 0 aromatic carbocycles. The van der Waals surface area contributed by atoms with Gasteiger partial charge >= 0.3 is 0 Å². The SMILES string of the molecule is NCCN(CCN(CCN)N=O)N=O. The molecule has 0 spiro atoms. The standard InChI is InChI=1S/C6H16N6O2/c7-1-3-11(9-13)5-6-12(10-14)4-2-8/h1-8H2. The average Bonchev–Trinajstić information content (AvgIpc) is 2.22. The molecule has 0 atom stereocenters. The first-order valence-electron chi connectivity index (χ1n) is 4.35. The van der Waals surface area contributed by atoms with E-state index in [9.17, 15) is 9.81 Å². The lowest BCUT2D eigenvalue weighted by atomic mass is 10.5. The van der Waals surface area contributed by atoms with Gasteiger partial charge in [-0.05, 0) is 0 Å². The molecular formula is C6H16N6O2. The van der Waals surface area contributed by atoms with E-state index in [1.165, 1.54) is 10.0 Å². The summed E-state index contributed by atoms with van der Waals surface area (Å²) in [5, 5.41) is 7.98. The molecule has 8 nitrogen and oxygen atoms in total. The van der Waals surface area contributed by atoms with Crippen LogP contribution in [0.2, 0.25) is 0 Å². The van der Waals surface area contributed by atoms with Crippen LogP contribution in [0.1, 0.15) is 0 Å². The maximum atomic E-state index is 10.2. The summed E-state index contributed by atoms with van der Waals surface area (Å²) in [7, 11) is 0. The topological polar surface area (TPSA) is 117 Å². The van der Waals surface area contributed by atoms with Gasteiger partial charge in [-0.3, -0.25) is 10.0 Å². The Bertz CT molecular complexity index is 148. The second-order valence-electron chi connectivity index (χ2n) is 2.65. The van der Waals surface area contributed by atoms with E-state index in [1.54, 1.807) is 0 Å². The minimum Gasteiger partial charge on any atom is -0.329 e. The fourth-order valence-corrected chi connectivity index (χ4v) is 0.916. The molecule has 0 saturated heterocycles. The highest BCUT2D eigenvalue weighted by atomic mass is 16.3. The monoisotopic (exact) mass is 204 g/mol. The predicted octanol–water partition coefficient (Wildman–Crippen LogP) is -1.13. The van der Waals surface area contributed by atoms with Crippen molar-refractivity contribution in [1.29, 1.82) is 0 Å². The zero-order valence-electron chi connectivity index (χ0n) is 8.00. The van der Waals surface area contributed by atoms with Gasteiger partial charge in [-0.15, -0.1) is 9.81 Å². The molecule has 14 heavy (non-hydrogen) atoms. The Labute approximate surface area is 82.1 Å². The minimum atomic E-state index is 0.326. The molecule has 4 N–H and O–H groups in total. The average molecular weight is 204 g/mol. The summed E-state index contributed by atoms with van der Waals surface area (Å²) < 4.78 is 0. The molecule has 0 fully saturated rings. The molecule has 0 aliphatic heterocycles. The summed E-state index contributed by atoms with van der Waals surface area (Å²) in [5.41, 5.74) is 10.5. The van der Waals surface area contributed by atoms with Crippen molar-refractivity contribution in [3.8, 4) is 0 Å². The number of hydrogen-bond acceptors (Lipinski definition) is 6. The number of nitrogens with zero attached hydrogens (tertiary/aromatic N) is 4. The van der Waals surface area contributed by atoms with E-state index in [0.29, 0.717) is 39.3 Å². The maximum absolute atomic E-state index is 10.2. The molecule has 0 rings (SSSR count). The van der Waals surface area contributed by atoms with E-state index in [0.717, 1.165) is 0 Å². The van der Waals surface area contributed by atoms with Crippen molar-refractivity contribution in [3.05, 3.63) is 9.81 Å². The highest BCUT2D eigenvalue weighted by Gasteiger charge is 2.05. The molecule has 0 aromatic heterocycles. The van der Waals surface area contributed by atoms with Gasteiger partial charge in [-0.2, -0.15) is 0 Å². The quantitative estimate of drug-likeness (QED) is 0.362. The van der Waals surface area contributed by atoms with E-state index in [1.807, 2.05) is 0 Å². The molecule has 0 unspecified atom stereocenters. The number of nitroso groups, excluding NO2 is 2. The molecule has 0 aliphatic carbocycles. The first-order valence-corrected chi connectivity index (χ1v) is 4.35. The first kappa shape index (κ1) is 12.7. The van der Waals surface area contributed by atoms with Crippen LogP contribution in [-0.4, -0.2) is 49.3 Å². The second-order valence-corrected chi connectivity index (χ2v) is 2.65. The molecule has 0 radical (unpaired) electrons. The number of hydrogen-bond donors (Lipinski definition) is 2. The van der Waals surface area contributed by atoms with E-state index in [4.69, 9.17) is 11.5 Å². The lowest BCUT2D eigenvalue weighted by Crippen LogP contribution is -2.34. The third-order valence-corrected chi connectivity index (χ3v) is 1.62. The second kappa shape index (κ2) is 8.32. The van der Waals surface area contributed by atoms with Crippen molar-refractivity contribution < 1.29 is 0 Å². The summed E-state index contributed by atoms with van der Waals surface area (Å²) in [6, 6.07) is 0. The fourth-order valence-electron chi connectivity index (χ4n) is 0.916. The number of rotatable bonds is 9. The van der Waals surface area contributed by atoms with Crippen LogP contribution >= 0.6 is 0 Å². The Balaban J connectivity index is 3.74. The Morgan fingerprint density at radius 1 is 0.786 bits per heavy atom. The molecule has 8 heteroatoms. The van der Waals surface area contributed by atoms with Gasteiger partial charge in [-0.1, -0.05) is 0 Å². The minimum absolute atomic E-state index is 0.326. The van der Waals surface area contributed by atoms with Crippen molar-refractivity contribution in [2.24, 2.45) is 22.0 Å². The molecule has 82 valence electrons. The van der Waals surface area contributed by atoms with Crippen molar-refractivity contribution in [2.45, 2.75) is 0 Å². The Hall–Kier alpha value is -1.28. The van der Waals surface area contributed by atoms with Crippen LogP contribution in [0.4, 0.5) is 0 Å². The molecule has 0 aliphatic rings. The van der Waals surface area contributed by atoms with Gasteiger partial charge in [0.15, 0.2) is 0 Å². The Morgan fingerprint density at radius 2 is 1.14 bits per heavy atom. The molecule has 0 bridgehead atoms. The normalized spacial score (nSPS) is 9.57. The molecular weight excluding hydrogens is 188 g/mol. The van der Waals surface area contributed by atoms with Crippen molar-refractivity contribution >= 4 is 0 Å². The van der Waals surface area contributed by atoms with E-state index < -0.39 is 0 Å². The lowest BCUT2D eigenvalue weighted by molar-refractivity contribution is 0.216. The van der Waals surface area contributed by atoms with Gasteiger partial charge in [0, 0.05) is 13.1 Å². The third-order valence-electron chi connectivity index (χ3n) is 1.62.